The van der Waals surface area contributed by atoms with Crippen LogP contribution in [0.1, 0.15) is 30.4 Å². The number of ether oxygens (including phenoxy) is 1. The van der Waals surface area contributed by atoms with Gasteiger partial charge in [-0.2, -0.15) is 4.31 Å². The molecule has 3 saturated heterocycles. The first-order chi connectivity index (χ1) is 22.5. The SMILES string of the molecule is CS(=O)(=O)N1CCN(C2CCN(C(=O)[C@@H](Cc3ccc(O)c(Cl)c3)OC(=O)N3CCC(N4CCc5ccccc5NC4=O)CC3)C2)C1. The Morgan fingerprint density at radius 3 is 2.45 bits per heavy atom. The third-order valence-corrected chi connectivity index (χ3v) is 11.2. The zero-order chi connectivity index (χ0) is 33.3. The van der Waals surface area contributed by atoms with Gasteiger partial charge in [-0.25, -0.2) is 18.0 Å². The number of nitrogens with one attached hydrogen (secondary N) is 1. The zero-order valence-electron chi connectivity index (χ0n) is 26.4. The first-order valence-corrected chi connectivity index (χ1v) is 18.3. The minimum Gasteiger partial charge on any atom is -0.506 e. The van der Waals surface area contributed by atoms with Gasteiger partial charge in [0.15, 0.2) is 6.10 Å². The van der Waals surface area contributed by atoms with Crippen molar-refractivity contribution in [3.05, 3.63) is 58.6 Å². The van der Waals surface area contributed by atoms with Gasteiger partial charge in [0, 0.05) is 70.0 Å². The monoisotopic (exact) mass is 688 g/mol. The van der Waals surface area contributed by atoms with Crippen molar-refractivity contribution in [1.29, 1.82) is 0 Å². The number of piperidine rings is 1. The average Bonchev–Trinajstić information content (AvgIpc) is 3.71. The summed E-state index contributed by atoms with van der Waals surface area (Å²) in [4.78, 5) is 47.6. The molecule has 0 radical (unpaired) electrons. The van der Waals surface area contributed by atoms with Crippen molar-refractivity contribution in [3.63, 3.8) is 0 Å². The molecule has 6 rings (SSSR count). The summed E-state index contributed by atoms with van der Waals surface area (Å²) >= 11 is 6.15. The van der Waals surface area contributed by atoms with Crippen molar-refractivity contribution < 1.29 is 32.6 Å². The third kappa shape index (κ3) is 7.61. The number of nitrogens with zero attached hydrogens (tertiary/aromatic N) is 5. The molecule has 13 nitrogen and oxygen atoms in total. The lowest BCUT2D eigenvalue weighted by molar-refractivity contribution is -0.140. The van der Waals surface area contributed by atoms with Crippen LogP contribution in [0, 0.1) is 0 Å². The normalized spacial score (nSPS) is 22.1. The van der Waals surface area contributed by atoms with Crippen LogP contribution in [0.3, 0.4) is 0 Å². The summed E-state index contributed by atoms with van der Waals surface area (Å²) in [5.74, 6) is -0.420. The van der Waals surface area contributed by atoms with Gasteiger partial charge in [-0.15, -0.1) is 0 Å². The second-order valence-corrected chi connectivity index (χ2v) is 15.1. The standard InChI is InChI=1S/C32H41ClN6O7S/c1-47(44,45)38-17-16-37(21-38)25-11-14-36(20-25)30(41)29(19-22-6-7-28(40)26(33)18-22)46-32(43)35-12-9-24(10-13-35)39-15-8-23-4-2-3-5-27(23)34-31(39)42/h2-7,18,24-25,29,40H,8-17,19-21H2,1H3,(H,34,42)/t25?,29-/m1/s1. The number of rotatable bonds is 7. The fourth-order valence-corrected chi connectivity index (χ4v) is 7.94. The van der Waals surface area contributed by atoms with Gasteiger partial charge < -0.3 is 29.9 Å². The maximum Gasteiger partial charge on any atom is 0.410 e. The maximum absolute atomic E-state index is 13.9. The summed E-state index contributed by atoms with van der Waals surface area (Å²) in [6, 6.07) is 12.2. The minimum atomic E-state index is -3.30. The summed E-state index contributed by atoms with van der Waals surface area (Å²) in [5, 5.41) is 13.0. The van der Waals surface area contributed by atoms with Gasteiger partial charge in [0.2, 0.25) is 10.0 Å². The summed E-state index contributed by atoms with van der Waals surface area (Å²) in [6.07, 6.45) is 2.13. The number of fused-ring (bicyclic) bond motifs is 1. The number of benzene rings is 2. The van der Waals surface area contributed by atoms with Crippen LogP contribution in [0.5, 0.6) is 5.75 Å². The number of likely N-dealkylation sites (tertiary alicyclic amines) is 2. The van der Waals surface area contributed by atoms with Crippen LogP contribution in [-0.4, -0.2) is 132 Å². The predicted octanol–water partition coefficient (Wildman–Crippen LogP) is 2.78. The average molecular weight is 689 g/mol. The number of para-hydroxylation sites is 1. The van der Waals surface area contributed by atoms with E-state index in [0.29, 0.717) is 70.6 Å². The molecule has 2 N–H and O–H groups in total. The van der Waals surface area contributed by atoms with Crippen molar-refractivity contribution >= 4 is 45.3 Å². The largest absolute Gasteiger partial charge is 0.506 e. The van der Waals surface area contributed by atoms with Crippen molar-refractivity contribution in [2.45, 2.75) is 50.3 Å². The summed E-state index contributed by atoms with van der Waals surface area (Å²) in [5.41, 5.74) is 2.55. The molecule has 254 valence electrons. The number of hydrogen-bond acceptors (Lipinski definition) is 8. The second-order valence-electron chi connectivity index (χ2n) is 12.7. The number of phenols is 1. The van der Waals surface area contributed by atoms with Crippen LogP contribution >= 0.6 is 11.6 Å². The third-order valence-electron chi connectivity index (χ3n) is 9.69. The predicted molar refractivity (Wildman–Crippen MR) is 176 cm³/mol. The number of sulfonamides is 1. The number of urea groups is 1. The molecule has 47 heavy (non-hydrogen) atoms. The quantitative estimate of drug-likeness (QED) is 0.452. The number of phenolic OH excluding ortho intramolecular Hbond substituents is 1. The molecule has 2 atom stereocenters. The Morgan fingerprint density at radius 2 is 1.72 bits per heavy atom. The van der Waals surface area contributed by atoms with Crippen LogP contribution in [0.25, 0.3) is 0 Å². The van der Waals surface area contributed by atoms with Gasteiger partial charge in [0.1, 0.15) is 5.75 Å². The molecule has 2 aromatic carbocycles. The molecule has 0 spiro atoms. The number of halogens is 1. The van der Waals surface area contributed by atoms with Crippen LogP contribution in [0.4, 0.5) is 15.3 Å². The maximum atomic E-state index is 13.9. The molecule has 0 bridgehead atoms. The van der Waals surface area contributed by atoms with E-state index in [1.54, 1.807) is 21.9 Å². The van der Waals surface area contributed by atoms with E-state index in [1.807, 2.05) is 29.2 Å². The van der Waals surface area contributed by atoms with Crippen LogP contribution < -0.4 is 5.32 Å². The van der Waals surface area contributed by atoms with Crippen molar-refractivity contribution in [2.75, 3.05) is 64.1 Å². The number of carbonyl (C=O) groups is 3. The summed E-state index contributed by atoms with van der Waals surface area (Å²) in [7, 11) is -3.30. The van der Waals surface area contributed by atoms with Gasteiger partial charge in [-0.1, -0.05) is 35.9 Å². The Labute approximate surface area is 280 Å². The first kappa shape index (κ1) is 33.3. The highest BCUT2D eigenvalue weighted by Crippen LogP contribution is 2.28. The molecular formula is C32H41ClN6O7S. The zero-order valence-corrected chi connectivity index (χ0v) is 28.0. The van der Waals surface area contributed by atoms with E-state index in [-0.39, 0.29) is 47.9 Å². The molecule has 1 unspecified atom stereocenters. The Balaban J connectivity index is 1.08. The molecule has 2 aromatic rings. The fraction of sp³-hybridized carbons (Fsp3) is 0.531. The van der Waals surface area contributed by atoms with E-state index in [0.717, 1.165) is 17.7 Å². The molecule has 0 aliphatic carbocycles. The molecular weight excluding hydrogens is 648 g/mol. The highest BCUT2D eigenvalue weighted by atomic mass is 35.5. The van der Waals surface area contributed by atoms with Gasteiger partial charge in [-0.05, 0) is 55.0 Å². The number of amides is 4. The molecule has 3 fully saturated rings. The van der Waals surface area contributed by atoms with Crippen molar-refractivity contribution in [1.82, 2.24) is 23.9 Å². The van der Waals surface area contributed by atoms with E-state index in [9.17, 15) is 27.9 Å². The summed E-state index contributed by atoms with van der Waals surface area (Å²) in [6.45, 7) is 3.49. The Bertz CT molecular complexity index is 1620. The first-order valence-electron chi connectivity index (χ1n) is 16.0. The lowest BCUT2D eigenvalue weighted by atomic mass is 10.0. The van der Waals surface area contributed by atoms with E-state index < -0.39 is 22.2 Å². The molecule has 0 saturated carbocycles. The van der Waals surface area contributed by atoms with E-state index in [2.05, 4.69) is 10.2 Å². The van der Waals surface area contributed by atoms with Crippen LogP contribution in [0.2, 0.25) is 5.02 Å². The molecule has 4 aliphatic rings. The van der Waals surface area contributed by atoms with Gasteiger partial charge >= 0.3 is 12.1 Å². The van der Waals surface area contributed by atoms with E-state index in [1.165, 1.54) is 16.6 Å². The molecule has 4 heterocycles. The number of hydrogen-bond donors (Lipinski definition) is 2. The Morgan fingerprint density at radius 1 is 1.00 bits per heavy atom. The molecule has 0 aromatic heterocycles. The van der Waals surface area contributed by atoms with Crippen molar-refractivity contribution in [2.24, 2.45) is 0 Å². The van der Waals surface area contributed by atoms with Gasteiger partial charge in [0.05, 0.1) is 17.9 Å². The molecule has 4 amide bonds. The van der Waals surface area contributed by atoms with E-state index >= 15 is 0 Å². The van der Waals surface area contributed by atoms with Gasteiger partial charge in [-0.3, -0.25) is 9.69 Å². The Kier molecular flexibility index (Phi) is 9.83. The van der Waals surface area contributed by atoms with Gasteiger partial charge in [0.25, 0.3) is 5.91 Å². The number of aromatic hydroxyl groups is 1. The second kappa shape index (κ2) is 13.9. The van der Waals surface area contributed by atoms with Crippen LogP contribution in [-0.2, 0) is 32.4 Å². The topological polar surface area (TPSA) is 143 Å². The number of carbonyl (C=O) groups excluding carboxylic acids is 3. The molecule has 15 heteroatoms. The van der Waals surface area contributed by atoms with Crippen molar-refractivity contribution in [3.8, 4) is 5.75 Å². The highest BCUT2D eigenvalue weighted by molar-refractivity contribution is 7.88. The molecule has 4 aliphatic heterocycles. The Hall–Kier alpha value is -3.59. The lowest BCUT2D eigenvalue weighted by Gasteiger charge is -2.38. The summed E-state index contributed by atoms with van der Waals surface area (Å²) < 4.78 is 31.4. The van der Waals surface area contributed by atoms with Crippen LogP contribution in [0.15, 0.2) is 42.5 Å². The smallest absolute Gasteiger partial charge is 0.410 e. The fourth-order valence-electron chi connectivity index (χ4n) is 6.96. The van der Waals surface area contributed by atoms with E-state index in [4.69, 9.17) is 16.3 Å². The number of anilines is 1. The lowest BCUT2D eigenvalue weighted by Crippen LogP contribution is -2.51. The highest BCUT2D eigenvalue weighted by Gasteiger charge is 2.39. The minimum absolute atomic E-state index is 0.00632.